The van der Waals surface area contributed by atoms with Gasteiger partial charge in [0.2, 0.25) is 0 Å². The monoisotopic (exact) mass is 334 g/mol. The number of amides is 1. The van der Waals surface area contributed by atoms with Gasteiger partial charge in [0.05, 0.1) is 12.2 Å². The van der Waals surface area contributed by atoms with Gasteiger partial charge in [-0.15, -0.1) is 0 Å². The second-order valence-electron chi connectivity index (χ2n) is 7.75. The van der Waals surface area contributed by atoms with Crippen LogP contribution in [0.4, 0.5) is 0 Å². The Morgan fingerprint density at radius 3 is 2.71 bits per heavy atom. The van der Waals surface area contributed by atoms with Gasteiger partial charge in [-0.05, 0) is 43.4 Å². The lowest BCUT2D eigenvalue weighted by Crippen LogP contribution is -2.41. The summed E-state index contributed by atoms with van der Waals surface area (Å²) in [5, 5.41) is 22.7. The Labute approximate surface area is 141 Å². The Bertz CT molecular complexity index is 594. The molecule has 3 fully saturated rings. The van der Waals surface area contributed by atoms with E-state index in [4.69, 9.17) is 4.42 Å². The van der Waals surface area contributed by atoms with E-state index >= 15 is 0 Å². The van der Waals surface area contributed by atoms with E-state index in [0.29, 0.717) is 24.0 Å². The van der Waals surface area contributed by atoms with Crippen LogP contribution in [0.15, 0.2) is 10.7 Å². The molecule has 3 aliphatic rings. The number of carbonyl (C=O) groups is 1. The molecule has 132 valence electrons. The fourth-order valence-electron chi connectivity index (χ4n) is 4.91. The van der Waals surface area contributed by atoms with E-state index in [2.05, 4.69) is 10.3 Å². The number of aliphatic hydroxyl groups is 2. The minimum atomic E-state index is -0.643. The molecule has 3 saturated carbocycles. The predicted molar refractivity (Wildman–Crippen MR) is 86.4 cm³/mol. The molecule has 4 rings (SSSR count). The molecular weight excluding hydrogens is 308 g/mol. The summed E-state index contributed by atoms with van der Waals surface area (Å²) in [5.41, 5.74) is 0.347. The first-order chi connectivity index (χ1) is 11.6. The lowest BCUT2D eigenvalue weighted by Gasteiger charge is -2.29. The number of aromatic nitrogens is 1. The van der Waals surface area contributed by atoms with Crippen LogP contribution in [0.25, 0.3) is 0 Å². The molecular formula is C18H26N2O4. The molecule has 1 aromatic rings. The Balaban J connectivity index is 1.31. The predicted octanol–water partition coefficient (Wildman–Crippen LogP) is 1.83. The number of oxazole rings is 1. The number of hydrogen-bond donors (Lipinski definition) is 3. The summed E-state index contributed by atoms with van der Waals surface area (Å²) in [6.45, 7) is 0.523. The minimum Gasteiger partial charge on any atom is -0.448 e. The first-order valence-corrected chi connectivity index (χ1v) is 9.23. The largest absolute Gasteiger partial charge is 0.448 e. The number of aliphatic hydroxyl groups excluding tert-OH is 2. The third-order valence-corrected chi connectivity index (χ3v) is 6.29. The standard InChI is InChI=1S/C18H26N2O4/c21-15-11-6-12(13(7-11)16(15)22)8-19-17(23)14-9-24-18(20-14)10-4-2-1-3-5-10/h9-13,15-16,21-22H,1-8H2,(H,19,23)/t11-,12-,13-,15+,16-/m1/s1. The van der Waals surface area contributed by atoms with Crippen molar-refractivity contribution in [2.45, 2.75) is 63.1 Å². The highest BCUT2D eigenvalue weighted by atomic mass is 16.3. The van der Waals surface area contributed by atoms with Crippen LogP contribution >= 0.6 is 0 Å². The highest BCUT2D eigenvalue weighted by Gasteiger charge is 2.51. The Morgan fingerprint density at radius 1 is 1.21 bits per heavy atom. The smallest absolute Gasteiger partial charge is 0.273 e. The normalized spacial score (nSPS) is 36.2. The van der Waals surface area contributed by atoms with Crippen LogP contribution in [0.3, 0.4) is 0 Å². The van der Waals surface area contributed by atoms with Crippen LogP contribution in [0, 0.1) is 17.8 Å². The average Bonchev–Trinajstić information content (AvgIpc) is 3.31. The van der Waals surface area contributed by atoms with Gasteiger partial charge in [0.25, 0.3) is 5.91 Å². The molecule has 2 bridgehead atoms. The third kappa shape index (κ3) is 2.86. The summed E-state index contributed by atoms with van der Waals surface area (Å²) in [6.07, 6.45) is 7.81. The van der Waals surface area contributed by atoms with Crippen LogP contribution in [-0.4, -0.2) is 39.9 Å². The maximum atomic E-state index is 12.3. The minimum absolute atomic E-state index is 0.0976. The molecule has 1 heterocycles. The highest BCUT2D eigenvalue weighted by Crippen LogP contribution is 2.48. The quantitative estimate of drug-likeness (QED) is 0.781. The van der Waals surface area contributed by atoms with Gasteiger partial charge in [-0.25, -0.2) is 4.98 Å². The van der Waals surface area contributed by atoms with Gasteiger partial charge < -0.3 is 19.9 Å². The SMILES string of the molecule is O=C(NC[C@H]1C[C@@H]2C[C@H]1[C@@H](O)[C@H]2O)c1coc(C2CCCCC2)n1. The molecule has 1 aromatic heterocycles. The van der Waals surface area contributed by atoms with Gasteiger partial charge >= 0.3 is 0 Å². The summed E-state index contributed by atoms with van der Waals surface area (Å²) in [4.78, 5) is 16.7. The van der Waals surface area contributed by atoms with Gasteiger partial charge in [0, 0.05) is 12.5 Å². The van der Waals surface area contributed by atoms with E-state index in [-0.39, 0.29) is 23.7 Å². The molecule has 5 atom stereocenters. The second kappa shape index (κ2) is 6.48. The van der Waals surface area contributed by atoms with Crippen molar-refractivity contribution in [2.24, 2.45) is 17.8 Å². The molecule has 3 aliphatic carbocycles. The van der Waals surface area contributed by atoms with Crippen LogP contribution < -0.4 is 5.32 Å². The van der Waals surface area contributed by atoms with E-state index in [1.165, 1.54) is 25.5 Å². The van der Waals surface area contributed by atoms with Crippen molar-refractivity contribution < 1.29 is 19.4 Å². The maximum Gasteiger partial charge on any atom is 0.273 e. The number of nitrogens with one attached hydrogen (secondary N) is 1. The fraction of sp³-hybridized carbons (Fsp3) is 0.778. The molecule has 0 unspecified atom stereocenters. The Hall–Kier alpha value is -1.40. The Morgan fingerprint density at radius 2 is 2.00 bits per heavy atom. The molecule has 1 amide bonds. The fourth-order valence-corrected chi connectivity index (χ4v) is 4.91. The topological polar surface area (TPSA) is 95.6 Å². The summed E-state index contributed by atoms with van der Waals surface area (Å²) in [6, 6.07) is 0. The van der Waals surface area contributed by atoms with Gasteiger partial charge in [-0.2, -0.15) is 0 Å². The lowest BCUT2D eigenvalue weighted by atomic mass is 9.85. The summed E-state index contributed by atoms with van der Waals surface area (Å²) < 4.78 is 5.53. The first kappa shape index (κ1) is 16.1. The zero-order valence-corrected chi connectivity index (χ0v) is 13.9. The van der Waals surface area contributed by atoms with Gasteiger partial charge in [0.1, 0.15) is 6.26 Å². The molecule has 6 nitrogen and oxygen atoms in total. The summed E-state index contributed by atoms with van der Waals surface area (Å²) in [5.74, 6) is 1.35. The van der Waals surface area contributed by atoms with Crippen LogP contribution in [0.5, 0.6) is 0 Å². The molecule has 0 saturated heterocycles. The molecule has 0 spiro atoms. The summed E-state index contributed by atoms with van der Waals surface area (Å²) in [7, 11) is 0. The number of fused-ring (bicyclic) bond motifs is 2. The average molecular weight is 334 g/mol. The zero-order chi connectivity index (χ0) is 16.7. The van der Waals surface area contributed by atoms with Gasteiger partial charge in [-0.3, -0.25) is 4.79 Å². The molecule has 0 aliphatic heterocycles. The van der Waals surface area contributed by atoms with Gasteiger partial charge in [-0.1, -0.05) is 19.3 Å². The van der Waals surface area contributed by atoms with Crippen LogP contribution in [0.2, 0.25) is 0 Å². The maximum absolute atomic E-state index is 12.3. The van der Waals surface area contributed by atoms with Gasteiger partial charge in [0.15, 0.2) is 11.6 Å². The number of nitrogens with zero attached hydrogens (tertiary/aromatic N) is 1. The van der Waals surface area contributed by atoms with E-state index in [9.17, 15) is 15.0 Å². The van der Waals surface area contributed by atoms with E-state index in [0.717, 1.165) is 25.7 Å². The molecule has 0 aromatic carbocycles. The lowest BCUT2D eigenvalue weighted by molar-refractivity contribution is -0.0332. The Kier molecular flexibility index (Phi) is 4.35. The second-order valence-corrected chi connectivity index (χ2v) is 7.75. The van der Waals surface area contributed by atoms with Crippen molar-refractivity contribution in [2.75, 3.05) is 6.54 Å². The number of hydrogen-bond acceptors (Lipinski definition) is 5. The molecule has 0 radical (unpaired) electrons. The van der Waals surface area contributed by atoms with E-state index in [1.807, 2.05) is 0 Å². The van der Waals surface area contributed by atoms with Crippen molar-refractivity contribution in [3.05, 3.63) is 17.8 Å². The van der Waals surface area contributed by atoms with Crippen molar-refractivity contribution in [1.29, 1.82) is 0 Å². The number of rotatable bonds is 4. The highest BCUT2D eigenvalue weighted by molar-refractivity contribution is 5.91. The van der Waals surface area contributed by atoms with E-state index in [1.54, 1.807) is 0 Å². The summed E-state index contributed by atoms with van der Waals surface area (Å²) >= 11 is 0. The first-order valence-electron chi connectivity index (χ1n) is 9.23. The zero-order valence-electron chi connectivity index (χ0n) is 13.9. The van der Waals surface area contributed by atoms with Crippen LogP contribution in [-0.2, 0) is 0 Å². The van der Waals surface area contributed by atoms with E-state index < -0.39 is 12.2 Å². The van der Waals surface area contributed by atoms with Crippen molar-refractivity contribution in [1.82, 2.24) is 10.3 Å². The molecule has 24 heavy (non-hydrogen) atoms. The third-order valence-electron chi connectivity index (χ3n) is 6.29. The molecule has 6 heteroatoms. The number of carbonyl (C=O) groups excluding carboxylic acids is 1. The van der Waals surface area contributed by atoms with Crippen molar-refractivity contribution in [3.63, 3.8) is 0 Å². The van der Waals surface area contributed by atoms with Crippen LogP contribution in [0.1, 0.15) is 67.2 Å². The van der Waals surface area contributed by atoms with Crippen molar-refractivity contribution in [3.8, 4) is 0 Å². The van der Waals surface area contributed by atoms with Crippen molar-refractivity contribution >= 4 is 5.91 Å². The molecule has 3 N–H and O–H groups in total.